The lowest BCUT2D eigenvalue weighted by molar-refractivity contribution is -0.165. The summed E-state index contributed by atoms with van der Waals surface area (Å²) in [6.07, 6.45) is 1.44. The molecule has 5 aromatic rings. The predicted molar refractivity (Wildman–Crippen MR) is 221 cm³/mol. The minimum Gasteiger partial charge on any atom is -0.508 e. The SMILES string of the molecule is CCc1c2c(nc3ccc(O)cc13)C1=CC3=C(COC(=O)[C@@]3(CC)OC(=O)N3CCC(Oc4ccc(-n5c(O)nnc5-c5cc(C(C)C)c(O)cc5O)cc4)CC3)C(O)N1C2. The van der Waals surface area contributed by atoms with E-state index in [4.69, 9.17) is 19.2 Å². The van der Waals surface area contributed by atoms with E-state index < -0.39 is 23.9 Å². The van der Waals surface area contributed by atoms with E-state index in [1.54, 1.807) is 66.4 Å². The molecule has 0 aliphatic carbocycles. The predicted octanol–water partition coefficient (Wildman–Crippen LogP) is 6.16. The van der Waals surface area contributed by atoms with Gasteiger partial charge < -0.3 is 49.5 Å². The van der Waals surface area contributed by atoms with E-state index in [-0.39, 0.29) is 54.1 Å². The first-order valence-corrected chi connectivity index (χ1v) is 20.5. The van der Waals surface area contributed by atoms with Crippen LogP contribution in [0.4, 0.5) is 4.79 Å². The fraction of sp³-hybridized carbons (Fsp3) is 0.356. The second-order valence-electron chi connectivity index (χ2n) is 16.1. The maximum atomic E-state index is 13.9. The molecule has 0 bridgehead atoms. The average Bonchev–Trinajstić information content (AvgIpc) is 3.81. The average molecular weight is 831 g/mol. The molecule has 3 aromatic carbocycles. The lowest BCUT2D eigenvalue weighted by atomic mass is 9.82. The first kappa shape index (κ1) is 39.6. The van der Waals surface area contributed by atoms with E-state index in [9.17, 15) is 35.1 Å². The lowest BCUT2D eigenvalue weighted by Gasteiger charge is -2.43. The van der Waals surface area contributed by atoms with Gasteiger partial charge in [-0.25, -0.2) is 19.1 Å². The number of piperidine rings is 1. The number of likely N-dealkylation sites (tertiary alicyclic amines) is 1. The second-order valence-corrected chi connectivity index (χ2v) is 16.1. The quantitative estimate of drug-likeness (QED) is 0.111. The van der Waals surface area contributed by atoms with Crippen molar-refractivity contribution in [3.63, 3.8) is 0 Å². The lowest BCUT2D eigenvalue weighted by Crippen LogP contribution is -2.55. The number of hydrogen-bond donors (Lipinski definition) is 5. The van der Waals surface area contributed by atoms with Crippen molar-refractivity contribution in [2.45, 2.75) is 83.8 Å². The molecule has 2 atom stereocenters. The highest BCUT2D eigenvalue weighted by molar-refractivity contribution is 5.93. The summed E-state index contributed by atoms with van der Waals surface area (Å²) in [5, 5.41) is 62.4. The number of esters is 1. The number of carbonyl (C=O) groups excluding carboxylic acids is 2. The number of aromatic hydroxyl groups is 4. The number of cyclic esters (lactones) is 1. The van der Waals surface area contributed by atoms with Crippen molar-refractivity contribution in [2.75, 3.05) is 19.7 Å². The van der Waals surface area contributed by atoms with Crippen LogP contribution in [-0.2, 0) is 27.2 Å². The number of rotatable bonds is 8. The zero-order chi connectivity index (χ0) is 42.9. The van der Waals surface area contributed by atoms with Crippen LogP contribution in [-0.4, -0.2) is 105 Å². The number of aliphatic hydroxyl groups is 1. The first-order chi connectivity index (χ1) is 29.3. The molecule has 61 heavy (non-hydrogen) atoms. The van der Waals surface area contributed by atoms with Gasteiger partial charge in [-0.15, -0.1) is 5.10 Å². The number of nitrogens with zero attached hydrogens (tertiary/aromatic N) is 6. The van der Waals surface area contributed by atoms with Crippen molar-refractivity contribution < 1.29 is 49.3 Å². The largest absolute Gasteiger partial charge is 0.508 e. The molecule has 0 radical (unpaired) electrons. The molecule has 1 unspecified atom stereocenters. The third kappa shape index (κ3) is 6.52. The van der Waals surface area contributed by atoms with Crippen LogP contribution in [0.25, 0.3) is 33.7 Å². The van der Waals surface area contributed by atoms with Gasteiger partial charge in [-0.1, -0.05) is 32.8 Å². The monoisotopic (exact) mass is 830 g/mol. The highest BCUT2D eigenvalue weighted by Gasteiger charge is 2.54. The van der Waals surface area contributed by atoms with Crippen LogP contribution in [0.15, 0.2) is 71.8 Å². The number of aliphatic hydroxyl groups excluding tert-OH is 1. The van der Waals surface area contributed by atoms with Crippen LogP contribution in [0, 0.1) is 0 Å². The van der Waals surface area contributed by atoms with Crippen LogP contribution in [0.3, 0.4) is 0 Å². The Morgan fingerprint density at radius 3 is 2.44 bits per heavy atom. The highest BCUT2D eigenvalue weighted by atomic mass is 16.6. The van der Waals surface area contributed by atoms with Gasteiger partial charge >= 0.3 is 18.1 Å². The van der Waals surface area contributed by atoms with Crippen molar-refractivity contribution in [1.29, 1.82) is 0 Å². The summed E-state index contributed by atoms with van der Waals surface area (Å²) < 4.78 is 19.5. The smallest absolute Gasteiger partial charge is 0.411 e. The Bertz CT molecular complexity index is 2660. The summed E-state index contributed by atoms with van der Waals surface area (Å²) in [7, 11) is 0. The van der Waals surface area contributed by atoms with Crippen LogP contribution in [0.5, 0.6) is 29.0 Å². The van der Waals surface area contributed by atoms with E-state index in [0.29, 0.717) is 89.5 Å². The topological polar surface area (TPSA) is 213 Å². The van der Waals surface area contributed by atoms with Gasteiger partial charge in [0.05, 0.1) is 28.2 Å². The molecule has 2 aromatic heterocycles. The van der Waals surface area contributed by atoms with Crippen molar-refractivity contribution in [3.05, 3.63) is 94.2 Å². The fourth-order valence-corrected chi connectivity index (χ4v) is 9.02. The normalized spacial score (nSPS) is 20.1. The minimum atomic E-state index is -1.80. The molecule has 16 heteroatoms. The van der Waals surface area contributed by atoms with Gasteiger partial charge in [-0.05, 0) is 84.5 Å². The summed E-state index contributed by atoms with van der Waals surface area (Å²) in [5.41, 5.74) is 4.37. The van der Waals surface area contributed by atoms with E-state index >= 15 is 0 Å². The molecule has 0 spiro atoms. The van der Waals surface area contributed by atoms with Gasteiger partial charge in [0, 0.05) is 60.6 Å². The Labute approximate surface area is 350 Å². The van der Waals surface area contributed by atoms with Crippen molar-refractivity contribution in [1.82, 2.24) is 29.5 Å². The molecule has 16 nitrogen and oxygen atoms in total. The van der Waals surface area contributed by atoms with Gasteiger partial charge in [0.15, 0.2) is 12.1 Å². The van der Waals surface area contributed by atoms with E-state index in [1.807, 2.05) is 25.7 Å². The Morgan fingerprint density at radius 1 is 0.984 bits per heavy atom. The molecular weight excluding hydrogens is 785 g/mol. The van der Waals surface area contributed by atoms with Crippen molar-refractivity contribution in [2.24, 2.45) is 0 Å². The van der Waals surface area contributed by atoms with Gasteiger partial charge in [0.2, 0.25) is 5.60 Å². The summed E-state index contributed by atoms with van der Waals surface area (Å²) in [4.78, 5) is 35.9. The van der Waals surface area contributed by atoms with E-state index in [0.717, 1.165) is 16.5 Å². The minimum absolute atomic E-state index is 0.0390. The molecule has 1 amide bonds. The highest BCUT2D eigenvalue weighted by Crippen LogP contribution is 2.48. The van der Waals surface area contributed by atoms with Crippen LogP contribution in [0.1, 0.15) is 75.3 Å². The van der Waals surface area contributed by atoms with Gasteiger partial charge in [0.25, 0.3) is 0 Å². The Balaban J connectivity index is 0.898. The first-order valence-electron chi connectivity index (χ1n) is 20.5. The maximum Gasteiger partial charge on any atom is 0.411 e. The molecule has 5 N–H and O–H groups in total. The van der Waals surface area contributed by atoms with Crippen LogP contribution in [0.2, 0.25) is 0 Å². The number of carbonyl (C=O) groups is 2. The molecule has 4 aliphatic rings. The summed E-state index contributed by atoms with van der Waals surface area (Å²) >= 11 is 0. The molecular formula is C45H46N6O10. The third-order valence-corrected chi connectivity index (χ3v) is 12.3. The molecule has 0 saturated carbocycles. The molecule has 6 heterocycles. The number of hydrogen-bond acceptors (Lipinski definition) is 14. The van der Waals surface area contributed by atoms with Crippen molar-refractivity contribution >= 4 is 28.7 Å². The van der Waals surface area contributed by atoms with Gasteiger partial charge in [0.1, 0.15) is 35.7 Å². The number of ether oxygens (including phenoxy) is 3. The number of phenolic OH excluding ortho intramolecular Hbond substituents is 3. The van der Waals surface area contributed by atoms with E-state index in [2.05, 4.69) is 10.2 Å². The van der Waals surface area contributed by atoms with E-state index in [1.165, 1.54) is 10.6 Å². The maximum absolute atomic E-state index is 13.9. The number of benzene rings is 3. The standard InChI is InChI=1S/C45H46N6O10/c1-5-28-30-17-25(52)9-12-35(30)46-39-32(28)21-50-36(39)19-34-33(41(50)55)22-59-42(56)45(34,6-2)61-44(58)49-15-13-27(14-16-49)60-26-10-7-24(8-11-26)51-40(47-48-43(51)57)31-18-29(23(3)4)37(53)20-38(31)54/h7-12,17-20,23,27,41,52-55H,5-6,13-16,21-22H2,1-4H3,(H,48,57)/t41?,45-/m0/s1. The Kier molecular flexibility index (Phi) is 9.77. The molecule has 316 valence electrons. The number of pyridine rings is 1. The molecule has 9 rings (SSSR count). The zero-order valence-electron chi connectivity index (χ0n) is 34.1. The number of fused-ring (bicyclic) bond motifs is 4. The van der Waals surface area contributed by atoms with Crippen LogP contribution < -0.4 is 4.74 Å². The summed E-state index contributed by atoms with van der Waals surface area (Å²) in [6.45, 7) is 8.41. The number of aromatic nitrogens is 4. The number of aryl methyl sites for hydroxylation is 1. The third-order valence-electron chi connectivity index (χ3n) is 12.3. The van der Waals surface area contributed by atoms with Crippen molar-refractivity contribution in [3.8, 4) is 46.1 Å². The summed E-state index contributed by atoms with van der Waals surface area (Å²) in [6, 6.07) is 14.5. The summed E-state index contributed by atoms with van der Waals surface area (Å²) in [5.74, 6) is -0.121. The zero-order valence-corrected chi connectivity index (χ0v) is 34.1. The fourth-order valence-electron chi connectivity index (χ4n) is 9.02. The number of phenols is 3. The Hall–Kier alpha value is -6.81. The number of amides is 1. The Morgan fingerprint density at radius 2 is 1.74 bits per heavy atom. The molecule has 1 saturated heterocycles. The second kappa shape index (κ2) is 15.0. The molecule has 1 fully saturated rings. The molecule has 4 aliphatic heterocycles. The van der Waals surface area contributed by atoms with Gasteiger partial charge in [-0.3, -0.25) is 0 Å². The van der Waals surface area contributed by atoms with Crippen LogP contribution >= 0.6 is 0 Å². The van der Waals surface area contributed by atoms with Gasteiger partial charge in [-0.2, -0.15) is 0 Å².